The molecule has 2 aromatic rings. The smallest absolute Gasteiger partial charge is 0.00133 e. The summed E-state index contributed by atoms with van der Waals surface area (Å²) in [7, 11) is 0. The van der Waals surface area contributed by atoms with Crippen LogP contribution in [0.5, 0.6) is 0 Å². The topological polar surface area (TPSA) is 0 Å². The van der Waals surface area contributed by atoms with Crippen LogP contribution in [0.1, 0.15) is 36.1 Å². The van der Waals surface area contributed by atoms with Gasteiger partial charge in [0.25, 0.3) is 0 Å². The molecule has 0 unspecified atom stereocenters. The molecule has 1 aliphatic carbocycles. The zero-order valence-electron chi connectivity index (χ0n) is 10.6. The highest BCUT2D eigenvalue weighted by molar-refractivity contribution is 5.80. The highest BCUT2D eigenvalue weighted by atomic mass is 14.2. The van der Waals surface area contributed by atoms with Gasteiger partial charge in [-0.25, -0.2) is 0 Å². The van der Waals surface area contributed by atoms with Gasteiger partial charge < -0.3 is 0 Å². The number of benzene rings is 2. The molecule has 2 aromatic carbocycles. The van der Waals surface area contributed by atoms with Gasteiger partial charge in [0.2, 0.25) is 0 Å². The standard InChI is InChI=1S/C17H18/c1-3-12-9-10-14-11-13-7-5-6-8-16(13)17(14)15(12)4-2/h5-10H,3-4,11H2,1-2H3. The Morgan fingerprint density at radius 2 is 1.71 bits per heavy atom. The van der Waals surface area contributed by atoms with Gasteiger partial charge in [-0.05, 0) is 52.6 Å². The Labute approximate surface area is 103 Å². The third-order valence-corrected chi connectivity index (χ3v) is 3.90. The van der Waals surface area contributed by atoms with Crippen LogP contribution in [0.3, 0.4) is 0 Å². The van der Waals surface area contributed by atoms with E-state index in [2.05, 4.69) is 50.2 Å². The van der Waals surface area contributed by atoms with E-state index in [1.807, 2.05) is 0 Å². The van der Waals surface area contributed by atoms with E-state index in [9.17, 15) is 0 Å². The maximum absolute atomic E-state index is 2.33. The summed E-state index contributed by atoms with van der Waals surface area (Å²) in [6, 6.07) is 13.5. The predicted octanol–water partition coefficient (Wildman–Crippen LogP) is 4.38. The Balaban J connectivity index is 2.29. The molecule has 0 saturated carbocycles. The van der Waals surface area contributed by atoms with Crippen molar-refractivity contribution >= 4 is 0 Å². The molecule has 0 spiro atoms. The molecule has 0 nitrogen and oxygen atoms in total. The summed E-state index contributed by atoms with van der Waals surface area (Å²) < 4.78 is 0. The first-order chi connectivity index (χ1) is 8.35. The number of hydrogen-bond acceptors (Lipinski definition) is 0. The van der Waals surface area contributed by atoms with Crippen LogP contribution in [0.2, 0.25) is 0 Å². The van der Waals surface area contributed by atoms with Crippen molar-refractivity contribution in [3.63, 3.8) is 0 Å². The van der Waals surface area contributed by atoms with Crippen molar-refractivity contribution in [1.29, 1.82) is 0 Å². The minimum Gasteiger partial charge on any atom is -0.0619 e. The van der Waals surface area contributed by atoms with Gasteiger partial charge in [0.1, 0.15) is 0 Å². The van der Waals surface area contributed by atoms with Crippen LogP contribution >= 0.6 is 0 Å². The van der Waals surface area contributed by atoms with Crippen LogP contribution in [0, 0.1) is 0 Å². The molecule has 1 aliphatic rings. The second-order valence-corrected chi connectivity index (χ2v) is 4.78. The quantitative estimate of drug-likeness (QED) is 0.603. The van der Waals surface area contributed by atoms with E-state index < -0.39 is 0 Å². The Morgan fingerprint density at radius 1 is 0.882 bits per heavy atom. The number of aryl methyl sites for hydroxylation is 1. The van der Waals surface area contributed by atoms with Crippen molar-refractivity contribution in [2.45, 2.75) is 33.1 Å². The molecule has 0 saturated heterocycles. The fourth-order valence-electron chi connectivity index (χ4n) is 3.08. The lowest BCUT2D eigenvalue weighted by Crippen LogP contribution is -1.95. The summed E-state index contributed by atoms with van der Waals surface area (Å²) in [6.45, 7) is 4.53. The van der Waals surface area contributed by atoms with Crippen molar-refractivity contribution in [1.82, 2.24) is 0 Å². The Morgan fingerprint density at radius 3 is 2.47 bits per heavy atom. The zero-order chi connectivity index (χ0) is 11.8. The monoisotopic (exact) mass is 222 g/mol. The van der Waals surface area contributed by atoms with Crippen LogP contribution in [0.4, 0.5) is 0 Å². The van der Waals surface area contributed by atoms with E-state index in [1.54, 1.807) is 5.56 Å². The minimum atomic E-state index is 1.11. The number of hydrogen-bond donors (Lipinski definition) is 0. The second-order valence-electron chi connectivity index (χ2n) is 4.78. The Bertz CT molecular complexity index is 564. The van der Waals surface area contributed by atoms with Crippen LogP contribution in [0.25, 0.3) is 11.1 Å². The van der Waals surface area contributed by atoms with Gasteiger partial charge in [-0.1, -0.05) is 50.2 Å². The molecule has 0 heteroatoms. The molecule has 0 aromatic heterocycles. The van der Waals surface area contributed by atoms with E-state index in [0.29, 0.717) is 0 Å². The molecule has 0 bridgehead atoms. The molecule has 3 rings (SSSR count). The third-order valence-electron chi connectivity index (χ3n) is 3.90. The van der Waals surface area contributed by atoms with Gasteiger partial charge in [0, 0.05) is 0 Å². The molecule has 0 atom stereocenters. The van der Waals surface area contributed by atoms with E-state index in [-0.39, 0.29) is 0 Å². The molecule has 0 N–H and O–H groups in total. The Kier molecular flexibility index (Phi) is 2.51. The molecule has 17 heavy (non-hydrogen) atoms. The van der Waals surface area contributed by atoms with Gasteiger partial charge in [-0.2, -0.15) is 0 Å². The van der Waals surface area contributed by atoms with Crippen molar-refractivity contribution in [2.24, 2.45) is 0 Å². The SMILES string of the molecule is CCc1ccc2c(c1CC)-c1ccccc1C2. The van der Waals surface area contributed by atoms with E-state index in [0.717, 1.165) is 19.3 Å². The summed E-state index contributed by atoms with van der Waals surface area (Å²) in [4.78, 5) is 0. The first-order valence-corrected chi connectivity index (χ1v) is 6.57. The molecular formula is C17H18. The van der Waals surface area contributed by atoms with Crippen LogP contribution in [-0.4, -0.2) is 0 Å². The maximum atomic E-state index is 2.33. The molecular weight excluding hydrogens is 204 g/mol. The molecule has 86 valence electrons. The van der Waals surface area contributed by atoms with Crippen molar-refractivity contribution in [2.75, 3.05) is 0 Å². The predicted molar refractivity (Wildman–Crippen MR) is 73.4 cm³/mol. The van der Waals surface area contributed by atoms with E-state index >= 15 is 0 Å². The van der Waals surface area contributed by atoms with E-state index in [4.69, 9.17) is 0 Å². The summed E-state index contributed by atoms with van der Waals surface area (Å²) >= 11 is 0. The normalized spacial score (nSPS) is 12.4. The van der Waals surface area contributed by atoms with Crippen molar-refractivity contribution < 1.29 is 0 Å². The van der Waals surface area contributed by atoms with Gasteiger partial charge in [0.05, 0.1) is 0 Å². The fraction of sp³-hybridized carbons (Fsp3) is 0.294. The zero-order valence-corrected chi connectivity index (χ0v) is 10.6. The lowest BCUT2D eigenvalue weighted by Gasteiger charge is -2.12. The first kappa shape index (κ1) is 10.6. The largest absolute Gasteiger partial charge is 0.0619 e. The van der Waals surface area contributed by atoms with Gasteiger partial charge in [-0.15, -0.1) is 0 Å². The van der Waals surface area contributed by atoms with E-state index in [1.165, 1.54) is 27.8 Å². The molecule has 0 heterocycles. The van der Waals surface area contributed by atoms with Crippen LogP contribution in [-0.2, 0) is 19.3 Å². The molecule has 0 amide bonds. The van der Waals surface area contributed by atoms with Gasteiger partial charge in [0.15, 0.2) is 0 Å². The summed E-state index contributed by atoms with van der Waals surface area (Å²) in [5.74, 6) is 0. The van der Waals surface area contributed by atoms with Crippen molar-refractivity contribution in [3.05, 3.63) is 58.7 Å². The summed E-state index contributed by atoms with van der Waals surface area (Å²) in [6.07, 6.45) is 3.39. The van der Waals surface area contributed by atoms with Gasteiger partial charge in [-0.3, -0.25) is 0 Å². The molecule has 0 radical (unpaired) electrons. The maximum Gasteiger partial charge on any atom is -0.00133 e. The fourth-order valence-corrected chi connectivity index (χ4v) is 3.08. The minimum absolute atomic E-state index is 1.11. The number of fused-ring (bicyclic) bond motifs is 3. The lowest BCUT2D eigenvalue weighted by molar-refractivity contribution is 1.03. The van der Waals surface area contributed by atoms with Crippen molar-refractivity contribution in [3.8, 4) is 11.1 Å². The van der Waals surface area contributed by atoms with Gasteiger partial charge >= 0.3 is 0 Å². The second kappa shape index (κ2) is 4.03. The lowest BCUT2D eigenvalue weighted by atomic mass is 9.92. The average molecular weight is 222 g/mol. The summed E-state index contributed by atoms with van der Waals surface area (Å²) in [5, 5.41) is 0. The van der Waals surface area contributed by atoms with Crippen LogP contribution < -0.4 is 0 Å². The molecule has 0 fully saturated rings. The van der Waals surface area contributed by atoms with Crippen LogP contribution in [0.15, 0.2) is 36.4 Å². The third kappa shape index (κ3) is 1.51. The Hall–Kier alpha value is -1.56. The highest BCUT2D eigenvalue weighted by Crippen LogP contribution is 2.40. The number of rotatable bonds is 2. The average Bonchev–Trinajstić information content (AvgIpc) is 2.76. The molecule has 0 aliphatic heterocycles. The highest BCUT2D eigenvalue weighted by Gasteiger charge is 2.21. The first-order valence-electron chi connectivity index (χ1n) is 6.57. The summed E-state index contributed by atoms with van der Waals surface area (Å²) in [5.41, 5.74) is 9.08.